The predicted octanol–water partition coefficient (Wildman–Crippen LogP) is 1.71. The smallest absolute Gasteiger partial charge is 0.254 e. The molecule has 0 N–H and O–H groups in total. The number of rotatable bonds is 1. The van der Waals surface area contributed by atoms with E-state index < -0.39 is 9.84 Å². The van der Waals surface area contributed by atoms with Crippen LogP contribution in [0.25, 0.3) is 10.9 Å². The Kier molecular flexibility index (Phi) is 4.27. The fourth-order valence-electron chi connectivity index (χ4n) is 4.59. The van der Waals surface area contributed by atoms with Crippen molar-refractivity contribution in [3.63, 3.8) is 0 Å². The molecular weight excluding hydrogens is 362 g/mol. The number of hydrogen-bond donors (Lipinski definition) is 0. The second kappa shape index (κ2) is 6.27. The van der Waals surface area contributed by atoms with E-state index in [1.165, 1.54) is 0 Å². The number of fused-ring (bicyclic) bond motifs is 2. The van der Waals surface area contributed by atoms with Crippen molar-refractivity contribution in [1.82, 2.24) is 14.8 Å². The van der Waals surface area contributed by atoms with Crippen LogP contribution in [-0.2, 0) is 9.84 Å². The number of amides is 1. The molecule has 2 aliphatic rings. The highest BCUT2D eigenvalue weighted by Crippen LogP contribution is 2.30. The van der Waals surface area contributed by atoms with Crippen molar-refractivity contribution in [3.05, 3.63) is 40.6 Å². The normalized spacial score (nSPS) is 25.0. The van der Waals surface area contributed by atoms with Gasteiger partial charge in [-0.05, 0) is 51.1 Å². The quantitative estimate of drug-likeness (QED) is 0.745. The number of carbonyl (C=O) groups excluding carboxylic acids is 1. The number of hydrogen-bond acceptors (Lipinski definition) is 5. The topological polar surface area (TPSA) is 70.6 Å². The molecule has 2 aromatic rings. The molecule has 0 unspecified atom stereocenters. The lowest BCUT2D eigenvalue weighted by Crippen LogP contribution is -2.59. The van der Waals surface area contributed by atoms with Gasteiger partial charge < -0.3 is 4.90 Å². The lowest BCUT2D eigenvalue weighted by molar-refractivity contribution is 0.0411. The SMILES string of the molecule is Cc1cc(C)c2c(C(=O)N3CCN(C)[C@@H]4CS(=O)(=O)C[C@@H]43)cc(C)nc2c1. The second-order valence-electron chi connectivity index (χ2n) is 7.98. The zero-order chi connectivity index (χ0) is 19.5. The number of aryl methyl sites for hydroxylation is 3. The standard InChI is InChI=1S/C20H25N3O3S/c1-12-7-13(2)19-15(9-14(3)21-16(19)8-12)20(24)23-6-5-22(4)17-10-27(25,26)11-18(17)23/h7-9,17-18H,5-6,10-11H2,1-4H3/t17-,18+/m1/s1. The van der Waals surface area contributed by atoms with Crippen molar-refractivity contribution < 1.29 is 13.2 Å². The molecule has 0 radical (unpaired) electrons. The van der Waals surface area contributed by atoms with Crippen LogP contribution < -0.4 is 0 Å². The summed E-state index contributed by atoms with van der Waals surface area (Å²) < 4.78 is 24.5. The minimum absolute atomic E-state index is 0.0494. The Morgan fingerprint density at radius 3 is 2.52 bits per heavy atom. The fraction of sp³-hybridized carbons (Fsp3) is 0.500. The number of likely N-dealkylation sites (N-methyl/N-ethyl adjacent to an activating group) is 1. The summed E-state index contributed by atoms with van der Waals surface area (Å²) in [5.74, 6) is 0.0952. The van der Waals surface area contributed by atoms with Crippen LogP contribution in [0.3, 0.4) is 0 Å². The third-order valence-electron chi connectivity index (χ3n) is 5.82. The summed E-state index contributed by atoms with van der Waals surface area (Å²) in [6, 6.07) is 5.49. The molecule has 3 heterocycles. The van der Waals surface area contributed by atoms with E-state index in [0.29, 0.717) is 18.7 Å². The molecular formula is C20H25N3O3S. The predicted molar refractivity (Wildman–Crippen MR) is 106 cm³/mol. The van der Waals surface area contributed by atoms with E-state index in [2.05, 4.69) is 16.0 Å². The summed E-state index contributed by atoms with van der Waals surface area (Å²) in [5, 5.41) is 0.868. The number of carbonyl (C=O) groups is 1. The number of sulfone groups is 1. The van der Waals surface area contributed by atoms with Crippen LogP contribution in [0.15, 0.2) is 18.2 Å². The molecule has 7 heteroatoms. The van der Waals surface area contributed by atoms with Gasteiger partial charge in [-0.1, -0.05) is 6.07 Å². The van der Waals surface area contributed by atoms with Crippen molar-refractivity contribution in [2.45, 2.75) is 32.9 Å². The van der Waals surface area contributed by atoms with Crippen LogP contribution in [0.5, 0.6) is 0 Å². The van der Waals surface area contributed by atoms with Crippen molar-refractivity contribution in [2.24, 2.45) is 0 Å². The molecule has 0 aliphatic carbocycles. The Balaban J connectivity index is 1.81. The van der Waals surface area contributed by atoms with E-state index in [-0.39, 0.29) is 29.5 Å². The van der Waals surface area contributed by atoms with Crippen molar-refractivity contribution in [2.75, 3.05) is 31.6 Å². The van der Waals surface area contributed by atoms with E-state index in [9.17, 15) is 13.2 Å². The summed E-state index contributed by atoms with van der Waals surface area (Å²) in [4.78, 5) is 22.0. The van der Waals surface area contributed by atoms with Gasteiger partial charge in [-0.15, -0.1) is 0 Å². The van der Waals surface area contributed by atoms with Crippen molar-refractivity contribution in [1.29, 1.82) is 0 Å². The highest BCUT2D eigenvalue weighted by Gasteiger charge is 2.47. The van der Waals surface area contributed by atoms with Gasteiger partial charge in [0, 0.05) is 30.2 Å². The second-order valence-corrected chi connectivity index (χ2v) is 10.1. The lowest BCUT2D eigenvalue weighted by Gasteiger charge is -2.42. The highest BCUT2D eigenvalue weighted by atomic mass is 32.2. The summed E-state index contributed by atoms with van der Waals surface area (Å²) in [6.07, 6.45) is 0. The lowest BCUT2D eigenvalue weighted by atomic mass is 9.98. The van der Waals surface area contributed by atoms with Gasteiger partial charge in [-0.2, -0.15) is 0 Å². The Bertz CT molecular complexity index is 1040. The van der Waals surface area contributed by atoms with E-state index in [0.717, 1.165) is 27.7 Å². The van der Waals surface area contributed by atoms with Crippen LogP contribution >= 0.6 is 0 Å². The maximum absolute atomic E-state index is 13.5. The third-order valence-corrected chi connectivity index (χ3v) is 7.52. The number of benzene rings is 1. The zero-order valence-electron chi connectivity index (χ0n) is 16.2. The molecule has 0 saturated carbocycles. The Labute approximate surface area is 160 Å². The van der Waals surface area contributed by atoms with Crippen molar-refractivity contribution in [3.8, 4) is 0 Å². The minimum Gasteiger partial charge on any atom is -0.332 e. The van der Waals surface area contributed by atoms with Crippen LogP contribution in [-0.4, -0.2) is 72.8 Å². The van der Waals surface area contributed by atoms with E-state index in [4.69, 9.17) is 0 Å². The number of nitrogens with zero attached hydrogens (tertiary/aromatic N) is 3. The molecule has 0 bridgehead atoms. The number of pyridine rings is 1. The average molecular weight is 388 g/mol. The summed E-state index contributed by atoms with van der Waals surface area (Å²) >= 11 is 0. The summed E-state index contributed by atoms with van der Waals surface area (Å²) in [6.45, 7) is 7.13. The van der Waals surface area contributed by atoms with Gasteiger partial charge in [0.2, 0.25) is 0 Å². The molecule has 2 atom stereocenters. The molecule has 6 nitrogen and oxygen atoms in total. The summed E-state index contributed by atoms with van der Waals surface area (Å²) in [5.41, 5.74) is 4.37. The van der Waals surface area contributed by atoms with Gasteiger partial charge in [0.1, 0.15) is 0 Å². The van der Waals surface area contributed by atoms with Crippen LogP contribution in [0, 0.1) is 20.8 Å². The Morgan fingerprint density at radius 1 is 1.07 bits per heavy atom. The van der Waals surface area contributed by atoms with Gasteiger partial charge in [0.15, 0.2) is 9.84 Å². The molecule has 2 saturated heterocycles. The van der Waals surface area contributed by atoms with E-state index in [1.54, 1.807) is 4.90 Å². The molecule has 4 rings (SSSR count). The van der Waals surface area contributed by atoms with Crippen LogP contribution in [0.2, 0.25) is 0 Å². The maximum atomic E-state index is 13.5. The summed E-state index contributed by atoms with van der Waals surface area (Å²) in [7, 11) is -1.18. The number of piperazine rings is 1. The molecule has 1 aromatic carbocycles. The average Bonchev–Trinajstić information content (AvgIpc) is 2.89. The van der Waals surface area contributed by atoms with Crippen molar-refractivity contribution >= 4 is 26.6 Å². The van der Waals surface area contributed by atoms with Gasteiger partial charge in [-0.25, -0.2) is 8.42 Å². The van der Waals surface area contributed by atoms with Gasteiger partial charge in [0.25, 0.3) is 5.91 Å². The molecule has 1 aromatic heterocycles. The first-order valence-corrected chi connectivity index (χ1v) is 11.1. The van der Waals surface area contributed by atoms with Crippen LogP contribution in [0.1, 0.15) is 27.2 Å². The van der Waals surface area contributed by atoms with Crippen LogP contribution in [0.4, 0.5) is 0 Å². The minimum atomic E-state index is -3.12. The Morgan fingerprint density at radius 2 is 1.78 bits per heavy atom. The van der Waals surface area contributed by atoms with Gasteiger partial charge in [0.05, 0.1) is 28.6 Å². The molecule has 2 fully saturated rings. The first-order chi connectivity index (χ1) is 12.7. The molecule has 144 valence electrons. The molecule has 0 spiro atoms. The van der Waals surface area contributed by atoms with Gasteiger partial charge >= 0.3 is 0 Å². The first-order valence-electron chi connectivity index (χ1n) is 9.26. The van der Waals surface area contributed by atoms with E-state index >= 15 is 0 Å². The Hall–Kier alpha value is -1.99. The zero-order valence-corrected chi connectivity index (χ0v) is 17.0. The van der Waals surface area contributed by atoms with Gasteiger partial charge in [-0.3, -0.25) is 14.7 Å². The fourth-order valence-corrected chi connectivity index (χ4v) is 6.64. The number of aromatic nitrogens is 1. The monoisotopic (exact) mass is 387 g/mol. The molecule has 27 heavy (non-hydrogen) atoms. The van der Waals surface area contributed by atoms with E-state index in [1.807, 2.05) is 40.0 Å². The molecule has 1 amide bonds. The molecule has 2 aliphatic heterocycles. The third kappa shape index (κ3) is 3.12. The maximum Gasteiger partial charge on any atom is 0.254 e. The first kappa shape index (κ1) is 18.4. The highest BCUT2D eigenvalue weighted by molar-refractivity contribution is 7.91. The largest absolute Gasteiger partial charge is 0.332 e.